The highest BCUT2D eigenvalue weighted by Gasteiger charge is 2.15. The summed E-state index contributed by atoms with van der Waals surface area (Å²) < 4.78 is 5.71. The molecule has 2 aromatic rings. The number of thiazole rings is 1. The lowest BCUT2D eigenvalue weighted by Gasteiger charge is -2.01. The van der Waals surface area contributed by atoms with Crippen molar-refractivity contribution in [2.45, 2.75) is 6.92 Å². The Balaban J connectivity index is 2.20. The van der Waals surface area contributed by atoms with Crippen LogP contribution in [0.15, 0.2) is 28.7 Å². The number of carbonyl (C=O) groups excluding carboxylic acids is 1. The summed E-state index contributed by atoms with van der Waals surface area (Å²) in [6.45, 7) is 1.79. The molecular formula is C12H11BrN2O2S. The van der Waals surface area contributed by atoms with Crippen molar-refractivity contribution in [3.8, 4) is 0 Å². The number of aryl methyl sites for hydroxylation is 1. The summed E-state index contributed by atoms with van der Waals surface area (Å²) in [5.74, 6) is -0.353. The van der Waals surface area contributed by atoms with E-state index in [9.17, 15) is 4.79 Å². The number of nitrogens with zero attached hydrogens (tertiary/aromatic N) is 1. The van der Waals surface area contributed by atoms with E-state index >= 15 is 0 Å². The highest BCUT2D eigenvalue weighted by molar-refractivity contribution is 9.10. The molecule has 1 N–H and O–H groups in total. The standard InChI is InChI=1S/C12H11BrN2O2S/c1-7-10(11(16)17-2)18-12(14-7)15-9-5-3-8(13)4-6-9/h3-6H,1-2H3,(H,14,15). The molecule has 1 heterocycles. The Hall–Kier alpha value is -1.40. The van der Waals surface area contributed by atoms with Crippen LogP contribution in [0.3, 0.4) is 0 Å². The Morgan fingerprint density at radius 3 is 2.67 bits per heavy atom. The maximum absolute atomic E-state index is 11.5. The molecule has 0 aliphatic rings. The maximum Gasteiger partial charge on any atom is 0.350 e. The van der Waals surface area contributed by atoms with Gasteiger partial charge >= 0.3 is 5.97 Å². The lowest BCUT2D eigenvalue weighted by atomic mass is 10.3. The van der Waals surface area contributed by atoms with Gasteiger partial charge in [0.25, 0.3) is 0 Å². The second-order valence-electron chi connectivity index (χ2n) is 3.56. The molecule has 0 amide bonds. The minimum absolute atomic E-state index is 0.353. The molecule has 0 unspecified atom stereocenters. The van der Waals surface area contributed by atoms with Gasteiger partial charge in [-0.1, -0.05) is 27.3 Å². The highest BCUT2D eigenvalue weighted by Crippen LogP contribution is 2.26. The second kappa shape index (κ2) is 5.49. The summed E-state index contributed by atoms with van der Waals surface area (Å²) in [5.41, 5.74) is 1.59. The molecule has 1 aromatic heterocycles. The number of methoxy groups -OCH3 is 1. The van der Waals surface area contributed by atoms with Crippen LogP contribution in [-0.2, 0) is 4.74 Å². The van der Waals surface area contributed by atoms with Crippen LogP contribution >= 0.6 is 27.3 Å². The molecule has 1 aromatic carbocycles. The third-order valence-corrected chi connectivity index (χ3v) is 3.84. The van der Waals surface area contributed by atoms with Crippen molar-refractivity contribution < 1.29 is 9.53 Å². The monoisotopic (exact) mass is 326 g/mol. The van der Waals surface area contributed by atoms with Gasteiger partial charge < -0.3 is 10.1 Å². The minimum atomic E-state index is -0.353. The molecular weight excluding hydrogens is 316 g/mol. The molecule has 18 heavy (non-hydrogen) atoms. The molecule has 0 atom stereocenters. The van der Waals surface area contributed by atoms with Gasteiger partial charge in [-0.05, 0) is 31.2 Å². The lowest BCUT2D eigenvalue weighted by molar-refractivity contribution is 0.0605. The van der Waals surface area contributed by atoms with Gasteiger partial charge in [-0.15, -0.1) is 0 Å². The Morgan fingerprint density at radius 2 is 2.06 bits per heavy atom. The molecule has 0 aliphatic heterocycles. The fraction of sp³-hybridized carbons (Fsp3) is 0.167. The number of anilines is 2. The van der Waals surface area contributed by atoms with E-state index in [1.54, 1.807) is 6.92 Å². The van der Waals surface area contributed by atoms with E-state index in [-0.39, 0.29) is 5.97 Å². The molecule has 2 rings (SSSR count). The molecule has 0 spiro atoms. The smallest absolute Gasteiger partial charge is 0.350 e. The van der Waals surface area contributed by atoms with Crippen LogP contribution < -0.4 is 5.32 Å². The van der Waals surface area contributed by atoms with Crippen LogP contribution in [0, 0.1) is 6.92 Å². The zero-order chi connectivity index (χ0) is 13.1. The van der Waals surface area contributed by atoms with E-state index in [1.807, 2.05) is 24.3 Å². The van der Waals surface area contributed by atoms with Gasteiger partial charge in [-0.25, -0.2) is 9.78 Å². The molecule has 0 saturated carbocycles. The summed E-state index contributed by atoms with van der Waals surface area (Å²) >= 11 is 4.66. The Bertz CT molecular complexity index is 566. The predicted octanol–water partition coefficient (Wildman–Crippen LogP) is 3.74. The molecule has 0 radical (unpaired) electrons. The molecule has 0 aliphatic carbocycles. The van der Waals surface area contributed by atoms with Crippen molar-refractivity contribution >= 4 is 44.1 Å². The Kier molecular flexibility index (Phi) is 3.98. The number of ether oxygens (including phenoxy) is 1. The summed E-state index contributed by atoms with van der Waals surface area (Å²) in [6, 6.07) is 7.73. The van der Waals surface area contributed by atoms with Crippen molar-refractivity contribution in [1.82, 2.24) is 4.98 Å². The number of nitrogens with one attached hydrogen (secondary N) is 1. The average Bonchev–Trinajstić information content (AvgIpc) is 2.72. The molecule has 6 heteroatoms. The number of hydrogen-bond donors (Lipinski definition) is 1. The van der Waals surface area contributed by atoms with Crippen LogP contribution in [0.5, 0.6) is 0 Å². The quantitative estimate of drug-likeness (QED) is 0.873. The van der Waals surface area contributed by atoms with Crippen LogP contribution in [0.4, 0.5) is 10.8 Å². The maximum atomic E-state index is 11.5. The lowest BCUT2D eigenvalue weighted by Crippen LogP contribution is -1.99. The largest absolute Gasteiger partial charge is 0.465 e. The van der Waals surface area contributed by atoms with Gasteiger partial charge in [0.1, 0.15) is 4.88 Å². The number of hydrogen-bond acceptors (Lipinski definition) is 5. The van der Waals surface area contributed by atoms with Crippen molar-refractivity contribution in [2.75, 3.05) is 12.4 Å². The molecule has 94 valence electrons. The number of rotatable bonds is 3. The fourth-order valence-electron chi connectivity index (χ4n) is 1.39. The van der Waals surface area contributed by atoms with Gasteiger partial charge in [0.2, 0.25) is 0 Å². The van der Waals surface area contributed by atoms with Gasteiger partial charge in [0.05, 0.1) is 12.8 Å². The van der Waals surface area contributed by atoms with Gasteiger partial charge in [0.15, 0.2) is 5.13 Å². The van der Waals surface area contributed by atoms with Crippen molar-refractivity contribution in [1.29, 1.82) is 0 Å². The van der Waals surface area contributed by atoms with E-state index in [0.29, 0.717) is 15.7 Å². The Morgan fingerprint density at radius 1 is 1.39 bits per heavy atom. The number of carbonyl (C=O) groups is 1. The number of esters is 1. The molecule has 4 nitrogen and oxygen atoms in total. The van der Waals surface area contributed by atoms with Crippen molar-refractivity contribution in [2.24, 2.45) is 0 Å². The summed E-state index contributed by atoms with van der Waals surface area (Å²) in [5, 5.41) is 3.83. The van der Waals surface area contributed by atoms with Gasteiger partial charge in [-0.2, -0.15) is 0 Å². The minimum Gasteiger partial charge on any atom is -0.465 e. The van der Waals surface area contributed by atoms with E-state index in [2.05, 4.69) is 26.2 Å². The number of halogens is 1. The summed E-state index contributed by atoms with van der Waals surface area (Å²) in [4.78, 5) is 16.3. The zero-order valence-corrected chi connectivity index (χ0v) is 12.3. The molecule has 0 bridgehead atoms. The first-order chi connectivity index (χ1) is 8.60. The van der Waals surface area contributed by atoms with E-state index in [4.69, 9.17) is 4.74 Å². The van der Waals surface area contributed by atoms with Crippen LogP contribution in [0.1, 0.15) is 15.4 Å². The topological polar surface area (TPSA) is 51.2 Å². The summed E-state index contributed by atoms with van der Waals surface area (Å²) in [7, 11) is 1.36. The van der Waals surface area contributed by atoms with Gasteiger partial charge in [0, 0.05) is 10.2 Å². The number of aromatic nitrogens is 1. The van der Waals surface area contributed by atoms with Crippen molar-refractivity contribution in [3.63, 3.8) is 0 Å². The third kappa shape index (κ3) is 2.88. The first-order valence-electron chi connectivity index (χ1n) is 5.18. The molecule has 0 fully saturated rings. The number of benzene rings is 1. The Labute approximate surface area is 117 Å². The third-order valence-electron chi connectivity index (χ3n) is 2.26. The fourth-order valence-corrected chi connectivity index (χ4v) is 2.56. The van der Waals surface area contributed by atoms with Gasteiger partial charge in [-0.3, -0.25) is 0 Å². The average molecular weight is 327 g/mol. The van der Waals surface area contributed by atoms with Crippen LogP contribution in [-0.4, -0.2) is 18.1 Å². The van der Waals surface area contributed by atoms with Crippen LogP contribution in [0.25, 0.3) is 0 Å². The summed E-state index contributed by atoms with van der Waals surface area (Å²) in [6.07, 6.45) is 0. The second-order valence-corrected chi connectivity index (χ2v) is 5.47. The van der Waals surface area contributed by atoms with E-state index in [0.717, 1.165) is 10.2 Å². The van der Waals surface area contributed by atoms with Crippen molar-refractivity contribution in [3.05, 3.63) is 39.3 Å². The van der Waals surface area contributed by atoms with E-state index in [1.165, 1.54) is 18.4 Å². The molecule has 0 saturated heterocycles. The van der Waals surface area contributed by atoms with Crippen LogP contribution in [0.2, 0.25) is 0 Å². The first kappa shape index (κ1) is 13.0. The SMILES string of the molecule is COC(=O)c1sc(Nc2ccc(Br)cc2)nc1C. The first-order valence-corrected chi connectivity index (χ1v) is 6.79. The zero-order valence-electron chi connectivity index (χ0n) is 9.86. The van der Waals surface area contributed by atoms with E-state index < -0.39 is 0 Å². The highest BCUT2D eigenvalue weighted by atomic mass is 79.9. The normalized spacial score (nSPS) is 10.2. The predicted molar refractivity (Wildman–Crippen MR) is 75.6 cm³/mol.